The molecular formula is C14H12N4O2. The molecule has 0 fully saturated rings. The number of carboxylic acid groups (broad SMARTS) is 1. The van der Waals surface area contributed by atoms with Crippen LogP contribution in [-0.4, -0.2) is 26.0 Å². The predicted octanol–water partition coefficient (Wildman–Crippen LogP) is 2.21. The van der Waals surface area contributed by atoms with Gasteiger partial charge in [0.1, 0.15) is 17.2 Å². The summed E-state index contributed by atoms with van der Waals surface area (Å²) in [5.74, 6) is -0.271. The Hall–Kier alpha value is -2.89. The van der Waals surface area contributed by atoms with Gasteiger partial charge in [0.05, 0.1) is 11.0 Å². The van der Waals surface area contributed by atoms with E-state index in [0.29, 0.717) is 5.56 Å². The number of hydrogen-bond donors (Lipinski definition) is 3. The van der Waals surface area contributed by atoms with Crippen LogP contribution >= 0.6 is 0 Å². The van der Waals surface area contributed by atoms with E-state index in [1.807, 2.05) is 25.1 Å². The molecule has 0 radical (unpaired) electrons. The van der Waals surface area contributed by atoms with Gasteiger partial charge in [0.2, 0.25) is 0 Å². The summed E-state index contributed by atoms with van der Waals surface area (Å²) in [4.78, 5) is 22.6. The Bertz CT molecular complexity index is 823. The van der Waals surface area contributed by atoms with Gasteiger partial charge in [-0.1, -0.05) is 6.07 Å². The van der Waals surface area contributed by atoms with E-state index in [0.717, 1.165) is 22.4 Å². The Kier molecular flexibility index (Phi) is 2.64. The minimum absolute atomic E-state index is 0.0101. The second kappa shape index (κ2) is 4.34. The van der Waals surface area contributed by atoms with Crippen molar-refractivity contribution in [3.8, 4) is 11.1 Å². The zero-order chi connectivity index (χ0) is 14.3. The number of nitrogens with two attached hydrogens (primary N) is 1. The summed E-state index contributed by atoms with van der Waals surface area (Å²) in [6, 6.07) is 7.17. The number of fused-ring (bicyclic) bond motifs is 1. The maximum absolute atomic E-state index is 11.3. The van der Waals surface area contributed by atoms with Crippen LogP contribution < -0.4 is 5.73 Å². The Balaban J connectivity index is 2.25. The molecule has 0 spiro atoms. The summed E-state index contributed by atoms with van der Waals surface area (Å²) in [6.07, 6.45) is 1.50. The third-order valence-electron chi connectivity index (χ3n) is 3.11. The average molecular weight is 268 g/mol. The van der Waals surface area contributed by atoms with Crippen molar-refractivity contribution in [3.63, 3.8) is 0 Å². The van der Waals surface area contributed by atoms with Crippen molar-refractivity contribution in [2.24, 2.45) is 0 Å². The van der Waals surface area contributed by atoms with Gasteiger partial charge in [-0.25, -0.2) is 14.8 Å². The second-order valence-corrected chi connectivity index (χ2v) is 4.48. The molecule has 6 heteroatoms. The summed E-state index contributed by atoms with van der Waals surface area (Å²) in [6.45, 7) is 1.87. The minimum atomic E-state index is -1.09. The highest BCUT2D eigenvalue weighted by Gasteiger charge is 2.16. The highest BCUT2D eigenvalue weighted by Crippen LogP contribution is 2.28. The highest BCUT2D eigenvalue weighted by atomic mass is 16.4. The Morgan fingerprint density at radius 3 is 2.90 bits per heavy atom. The molecule has 2 aromatic heterocycles. The Morgan fingerprint density at radius 2 is 2.15 bits per heavy atom. The number of carboxylic acids is 1. The topological polar surface area (TPSA) is 105 Å². The molecule has 0 unspecified atom stereocenters. The maximum Gasteiger partial charge on any atom is 0.340 e. The lowest BCUT2D eigenvalue weighted by atomic mass is 10.0. The summed E-state index contributed by atoms with van der Waals surface area (Å²) in [5, 5.41) is 9.29. The molecule has 100 valence electrons. The quantitative estimate of drug-likeness (QED) is 0.661. The normalized spacial score (nSPS) is 10.8. The lowest BCUT2D eigenvalue weighted by Gasteiger charge is -2.08. The smallest absolute Gasteiger partial charge is 0.340 e. The number of benzene rings is 1. The summed E-state index contributed by atoms with van der Waals surface area (Å²) in [5.41, 5.74) is 8.67. The number of nitrogens with one attached hydrogen (secondary N) is 1. The number of aromatic carboxylic acids is 1. The van der Waals surface area contributed by atoms with E-state index in [9.17, 15) is 9.90 Å². The van der Waals surface area contributed by atoms with Gasteiger partial charge in [0, 0.05) is 11.8 Å². The fourth-order valence-corrected chi connectivity index (χ4v) is 2.25. The summed E-state index contributed by atoms with van der Waals surface area (Å²) in [7, 11) is 0. The molecule has 4 N–H and O–H groups in total. The molecule has 20 heavy (non-hydrogen) atoms. The molecule has 3 rings (SSSR count). The maximum atomic E-state index is 11.3. The average Bonchev–Trinajstić information content (AvgIpc) is 2.76. The van der Waals surface area contributed by atoms with Crippen LogP contribution in [0.3, 0.4) is 0 Å². The number of rotatable bonds is 2. The van der Waals surface area contributed by atoms with Crippen LogP contribution in [0, 0.1) is 6.92 Å². The first-order valence-corrected chi connectivity index (χ1v) is 6.01. The van der Waals surface area contributed by atoms with Crippen molar-refractivity contribution in [2.45, 2.75) is 6.92 Å². The van der Waals surface area contributed by atoms with E-state index < -0.39 is 5.97 Å². The van der Waals surface area contributed by atoms with E-state index in [-0.39, 0.29) is 11.4 Å². The van der Waals surface area contributed by atoms with Gasteiger partial charge in [-0.15, -0.1) is 0 Å². The van der Waals surface area contributed by atoms with Crippen molar-refractivity contribution < 1.29 is 9.90 Å². The molecule has 0 atom stereocenters. The van der Waals surface area contributed by atoms with Crippen molar-refractivity contribution in [1.82, 2.24) is 15.0 Å². The lowest BCUT2D eigenvalue weighted by Crippen LogP contribution is -2.06. The molecule has 0 aliphatic heterocycles. The van der Waals surface area contributed by atoms with Crippen LogP contribution in [0.5, 0.6) is 0 Å². The first-order valence-electron chi connectivity index (χ1n) is 6.01. The zero-order valence-corrected chi connectivity index (χ0v) is 10.7. The van der Waals surface area contributed by atoms with Crippen molar-refractivity contribution in [2.75, 3.05) is 5.73 Å². The monoisotopic (exact) mass is 268 g/mol. The van der Waals surface area contributed by atoms with E-state index in [4.69, 9.17) is 5.73 Å². The first kappa shape index (κ1) is 12.2. The van der Waals surface area contributed by atoms with Gasteiger partial charge in [0.15, 0.2) is 0 Å². The van der Waals surface area contributed by atoms with Crippen LogP contribution in [0.15, 0.2) is 30.5 Å². The Labute approximate surface area is 114 Å². The van der Waals surface area contributed by atoms with Crippen LogP contribution in [-0.2, 0) is 0 Å². The van der Waals surface area contributed by atoms with Gasteiger partial charge >= 0.3 is 5.97 Å². The number of aromatic nitrogens is 3. The number of H-pyrrole nitrogens is 1. The number of carbonyl (C=O) groups is 1. The van der Waals surface area contributed by atoms with Gasteiger partial charge in [0.25, 0.3) is 0 Å². The molecule has 6 nitrogen and oxygen atoms in total. The number of nitrogen functional groups attached to an aromatic ring is 1. The first-order chi connectivity index (χ1) is 9.56. The van der Waals surface area contributed by atoms with Crippen molar-refractivity contribution >= 4 is 22.8 Å². The van der Waals surface area contributed by atoms with Crippen LogP contribution in [0.4, 0.5) is 5.82 Å². The third-order valence-corrected chi connectivity index (χ3v) is 3.11. The number of pyridine rings is 1. The van der Waals surface area contributed by atoms with Crippen LogP contribution in [0.1, 0.15) is 16.2 Å². The fourth-order valence-electron chi connectivity index (χ4n) is 2.25. The zero-order valence-electron chi connectivity index (χ0n) is 10.7. The van der Waals surface area contributed by atoms with E-state index in [1.165, 1.54) is 6.20 Å². The lowest BCUT2D eigenvalue weighted by molar-refractivity contribution is 0.0698. The van der Waals surface area contributed by atoms with Gasteiger partial charge in [-0.3, -0.25) is 0 Å². The standard InChI is InChI=1S/C14H12N4O2/c1-7-17-10-3-2-8(6-11(10)18-7)9-4-5-16-13(15)12(9)14(19)20/h2-6H,1H3,(H2,15,16)(H,17,18)(H,19,20). The van der Waals surface area contributed by atoms with Crippen molar-refractivity contribution in [3.05, 3.63) is 41.9 Å². The Morgan fingerprint density at radius 1 is 1.35 bits per heavy atom. The highest BCUT2D eigenvalue weighted by molar-refractivity contribution is 6.01. The number of nitrogens with zero attached hydrogens (tertiary/aromatic N) is 2. The molecule has 1 aromatic carbocycles. The minimum Gasteiger partial charge on any atom is -0.478 e. The van der Waals surface area contributed by atoms with Crippen LogP contribution in [0.25, 0.3) is 22.2 Å². The van der Waals surface area contributed by atoms with Gasteiger partial charge in [-0.05, 0) is 30.7 Å². The third kappa shape index (κ3) is 1.87. The van der Waals surface area contributed by atoms with Gasteiger partial charge < -0.3 is 15.8 Å². The van der Waals surface area contributed by atoms with E-state index >= 15 is 0 Å². The number of imidazole rings is 1. The molecule has 0 amide bonds. The number of aromatic amines is 1. The largest absolute Gasteiger partial charge is 0.478 e. The molecule has 2 heterocycles. The molecule has 0 bridgehead atoms. The molecular weight excluding hydrogens is 256 g/mol. The molecule has 0 aliphatic rings. The molecule has 0 saturated carbocycles. The summed E-state index contributed by atoms with van der Waals surface area (Å²) >= 11 is 0. The van der Waals surface area contributed by atoms with Crippen LogP contribution in [0.2, 0.25) is 0 Å². The summed E-state index contributed by atoms with van der Waals surface area (Å²) < 4.78 is 0. The fraction of sp³-hybridized carbons (Fsp3) is 0.0714. The van der Waals surface area contributed by atoms with Gasteiger partial charge in [-0.2, -0.15) is 0 Å². The van der Waals surface area contributed by atoms with Crippen molar-refractivity contribution in [1.29, 1.82) is 0 Å². The predicted molar refractivity (Wildman–Crippen MR) is 75.4 cm³/mol. The number of aryl methyl sites for hydroxylation is 1. The molecule has 3 aromatic rings. The van der Waals surface area contributed by atoms with E-state index in [1.54, 1.807) is 6.07 Å². The number of anilines is 1. The molecule has 0 saturated heterocycles. The number of hydrogen-bond acceptors (Lipinski definition) is 4. The SMILES string of the molecule is Cc1nc2ccc(-c3ccnc(N)c3C(=O)O)cc2[nH]1. The van der Waals surface area contributed by atoms with E-state index in [2.05, 4.69) is 15.0 Å². The molecule has 0 aliphatic carbocycles. The second-order valence-electron chi connectivity index (χ2n) is 4.48.